The average molecular weight is 223 g/mol. The van der Waals surface area contributed by atoms with Gasteiger partial charge in [0.15, 0.2) is 0 Å². The maximum atomic E-state index is 3.58. The van der Waals surface area contributed by atoms with Crippen LogP contribution in [0.25, 0.3) is 11.1 Å². The second kappa shape index (κ2) is 4.34. The SMILES string of the molecule is CCNC1Cc2ccccc2-c2ccccc21. The number of rotatable bonds is 2. The lowest BCUT2D eigenvalue weighted by atomic mass is 9.82. The van der Waals surface area contributed by atoms with E-state index in [-0.39, 0.29) is 0 Å². The monoisotopic (exact) mass is 223 g/mol. The summed E-state index contributed by atoms with van der Waals surface area (Å²) in [5.41, 5.74) is 5.68. The molecule has 1 heteroatoms. The zero-order chi connectivity index (χ0) is 11.7. The Balaban J connectivity index is 2.15. The van der Waals surface area contributed by atoms with Gasteiger partial charge >= 0.3 is 0 Å². The van der Waals surface area contributed by atoms with Crippen LogP contribution in [0.5, 0.6) is 0 Å². The van der Waals surface area contributed by atoms with Crippen LogP contribution in [0, 0.1) is 0 Å². The van der Waals surface area contributed by atoms with Gasteiger partial charge in [-0.25, -0.2) is 0 Å². The van der Waals surface area contributed by atoms with E-state index in [0.717, 1.165) is 13.0 Å². The van der Waals surface area contributed by atoms with Gasteiger partial charge in [0.1, 0.15) is 0 Å². The first kappa shape index (κ1) is 10.5. The topological polar surface area (TPSA) is 12.0 Å². The molecule has 0 bridgehead atoms. The van der Waals surface area contributed by atoms with Crippen molar-refractivity contribution in [2.75, 3.05) is 6.54 Å². The molecule has 1 unspecified atom stereocenters. The maximum absolute atomic E-state index is 3.58. The Labute approximate surface area is 102 Å². The Morgan fingerprint density at radius 3 is 2.53 bits per heavy atom. The minimum atomic E-state index is 0.464. The van der Waals surface area contributed by atoms with Crippen molar-refractivity contribution in [2.24, 2.45) is 0 Å². The van der Waals surface area contributed by atoms with Crippen molar-refractivity contribution >= 4 is 0 Å². The van der Waals surface area contributed by atoms with Crippen molar-refractivity contribution in [1.82, 2.24) is 5.32 Å². The summed E-state index contributed by atoms with van der Waals surface area (Å²) in [6.45, 7) is 3.18. The lowest BCUT2D eigenvalue weighted by Gasteiger charge is -2.28. The summed E-state index contributed by atoms with van der Waals surface area (Å²) in [6, 6.07) is 18.0. The molecule has 17 heavy (non-hydrogen) atoms. The number of benzene rings is 2. The highest BCUT2D eigenvalue weighted by molar-refractivity contribution is 5.73. The lowest BCUT2D eigenvalue weighted by Crippen LogP contribution is -2.26. The molecular formula is C16H17N. The molecule has 0 saturated carbocycles. The first-order valence-corrected chi connectivity index (χ1v) is 6.30. The molecule has 2 aromatic rings. The van der Waals surface area contributed by atoms with Crippen molar-refractivity contribution in [3.05, 3.63) is 59.7 Å². The van der Waals surface area contributed by atoms with Crippen LogP contribution in [-0.2, 0) is 6.42 Å². The summed E-state index contributed by atoms with van der Waals surface area (Å²) in [6.07, 6.45) is 1.10. The van der Waals surface area contributed by atoms with E-state index in [2.05, 4.69) is 60.8 Å². The van der Waals surface area contributed by atoms with E-state index in [9.17, 15) is 0 Å². The highest BCUT2D eigenvalue weighted by atomic mass is 14.9. The van der Waals surface area contributed by atoms with Crippen molar-refractivity contribution in [3.8, 4) is 11.1 Å². The molecule has 1 N–H and O–H groups in total. The molecule has 86 valence electrons. The minimum Gasteiger partial charge on any atom is -0.310 e. The van der Waals surface area contributed by atoms with Gasteiger partial charge in [0.2, 0.25) is 0 Å². The van der Waals surface area contributed by atoms with Crippen LogP contribution < -0.4 is 5.32 Å². The summed E-state index contributed by atoms with van der Waals surface area (Å²) in [5, 5.41) is 3.58. The molecule has 0 radical (unpaired) electrons. The Bertz CT molecular complexity index is 531. The number of nitrogens with one attached hydrogen (secondary N) is 1. The van der Waals surface area contributed by atoms with E-state index in [1.165, 1.54) is 22.3 Å². The van der Waals surface area contributed by atoms with Gasteiger partial charge in [0.25, 0.3) is 0 Å². The van der Waals surface area contributed by atoms with Gasteiger partial charge in [-0.1, -0.05) is 55.5 Å². The third kappa shape index (κ3) is 1.77. The Hall–Kier alpha value is -1.60. The van der Waals surface area contributed by atoms with Crippen molar-refractivity contribution in [2.45, 2.75) is 19.4 Å². The van der Waals surface area contributed by atoms with E-state index in [1.54, 1.807) is 0 Å². The molecule has 1 atom stereocenters. The molecule has 0 aliphatic heterocycles. The molecule has 0 saturated heterocycles. The van der Waals surface area contributed by atoms with E-state index in [1.807, 2.05) is 0 Å². The number of hydrogen-bond acceptors (Lipinski definition) is 1. The highest BCUT2D eigenvalue weighted by Gasteiger charge is 2.22. The zero-order valence-electron chi connectivity index (χ0n) is 10.1. The summed E-state index contributed by atoms with van der Waals surface area (Å²) in [4.78, 5) is 0. The molecule has 0 fully saturated rings. The highest BCUT2D eigenvalue weighted by Crippen LogP contribution is 2.37. The van der Waals surface area contributed by atoms with E-state index in [0.29, 0.717) is 6.04 Å². The smallest absolute Gasteiger partial charge is 0.0367 e. The van der Waals surface area contributed by atoms with Crippen LogP contribution in [0.2, 0.25) is 0 Å². The molecule has 2 aromatic carbocycles. The van der Waals surface area contributed by atoms with Crippen LogP contribution in [0.1, 0.15) is 24.1 Å². The van der Waals surface area contributed by atoms with Crippen molar-refractivity contribution < 1.29 is 0 Å². The molecule has 1 aliphatic rings. The standard InChI is InChI=1S/C16H17N/c1-2-17-16-11-12-7-3-4-8-13(12)14-9-5-6-10-15(14)16/h3-10,16-17H,2,11H2,1H3. The fourth-order valence-corrected chi connectivity index (χ4v) is 2.77. The van der Waals surface area contributed by atoms with Crippen LogP contribution in [0.15, 0.2) is 48.5 Å². The van der Waals surface area contributed by atoms with Gasteiger partial charge in [-0.2, -0.15) is 0 Å². The van der Waals surface area contributed by atoms with E-state index < -0.39 is 0 Å². The summed E-state index contributed by atoms with van der Waals surface area (Å²) >= 11 is 0. The first-order chi connectivity index (χ1) is 8.40. The van der Waals surface area contributed by atoms with Crippen LogP contribution >= 0.6 is 0 Å². The second-order valence-electron chi connectivity index (χ2n) is 4.56. The number of likely N-dealkylation sites (N-methyl/N-ethyl adjacent to an activating group) is 1. The number of hydrogen-bond donors (Lipinski definition) is 1. The predicted molar refractivity (Wildman–Crippen MR) is 72.0 cm³/mol. The molecule has 0 amide bonds. The molecule has 1 aliphatic carbocycles. The molecule has 1 nitrogen and oxygen atoms in total. The Kier molecular flexibility index (Phi) is 2.69. The second-order valence-corrected chi connectivity index (χ2v) is 4.56. The predicted octanol–water partition coefficient (Wildman–Crippen LogP) is 3.56. The molecule has 3 rings (SSSR count). The molecule has 0 spiro atoms. The van der Waals surface area contributed by atoms with Gasteiger partial charge in [-0.15, -0.1) is 0 Å². The van der Waals surface area contributed by atoms with Gasteiger partial charge in [-0.3, -0.25) is 0 Å². The zero-order valence-corrected chi connectivity index (χ0v) is 10.1. The summed E-state index contributed by atoms with van der Waals surface area (Å²) in [5.74, 6) is 0. The van der Waals surface area contributed by atoms with Crippen LogP contribution in [-0.4, -0.2) is 6.54 Å². The van der Waals surface area contributed by atoms with Crippen LogP contribution in [0.4, 0.5) is 0 Å². The number of fused-ring (bicyclic) bond motifs is 3. The third-order valence-electron chi connectivity index (χ3n) is 3.52. The largest absolute Gasteiger partial charge is 0.310 e. The van der Waals surface area contributed by atoms with E-state index >= 15 is 0 Å². The average Bonchev–Trinajstić information content (AvgIpc) is 2.39. The Morgan fingerprint density at radius 1 is 1.00 bits per heavy atom. The Morgan fingerprint density at radius 2 is 1.71 bits per heavy atom. The van der Waals surface area contributed by atoms with Gasteiger partial charge in [-0.05, 0) is 35.2 Å². The maximum Gasteiger partial charge on any atom is 0.0367 e. The van der Waals surface area contributed by atoms with Gasteiger partial charge < -0.3 is 5.32 Å². The van der Waals surface area contributed by atoms with Gasteiger partial charge in [0.05, 0.1) is 0 Å². The molecule has 0 heterocycles. The summed E-state index contributed by atoms with van der Waals surface area (Å²) in [7, 11) is 0. The van der Waals surface area contributed by atoms with Crippen molar-refractivity contribution in [1.29, 1.82) is 0 Å². The molecule has 0 aromatic heterocycles. The first-order valence-electron chi connectivity index (χ1n) is 6.30. The lowest BCUT2D eigenvalue weighted by molar-refractivity contribution is 0.546. The van der Waals surface area contributed by atoms with Gasteiger partial charge in [0, 0.05) is 6.04 Å². The normalized spacial score (nSPS) is 17.4. The fraction of sp³-hybridized carbons (Fsp3) is 0.250. The van der Waals surface area contributed by atoms with Crippen molar-refractivity contribution in [3.63, 3.8) is 0 Å². The fourth-order valence-electron chi connectivity index (χ4n) is 2.77. The van der Waals surface area contributed by atoms with Crippen LogP contribution in [0.3, 0.4) is 0 Å². The summed E-state index contributed by atoms with van der Waals surface area (Å²) < 4.78 is 0. The quantitative estimate of drug-likeness (QED) is 0.820. The van der Waals surface area contributed by atoms with E-state index in [4.69, 9.17) is 0 Å². The third-order valence-corrected chi connectivity index (χ3v) is 3.52. The minimum absolute atomic E-state index is 0.464. The molecular weight excluding hydrogens is 206 g/mol.